The second-order valence-electron chi connectivity index (χ2n) is 4.72. The average molecular weight is 313 g/mol. The smallest absolute Gasteiger partial charge is 0.305 e. The van der Waals surface area contributed by atoms with Crippen LogP contribution in [0, 0.1) is 0 Å². The lowest BCUT2D eigenvalue weighted by atomic mass is 10.1. The summed E-state index contributed by atoms with van der Waals surface area (Å²) in [6, 6.07) is 6.49. The van der Waals surface area contributed by atoms with Gasteiger partial charge in [-0.1, -0.05) is 23.7 Å². The third-order valence-electron chi connectivity index (χ3n) is 3.28. The summed E-state index contributed by atoms with van der Waals surface area (Å²) in [7, 11) is 0. The van der Waals surface area contributed by atoms with Crippen LogP contribution in [0.4, 0.5) is 0 Å². The Balaban J connectivity index is 1.89. The maximum atomic E-state index is 11.7. The van der Waals surface area contributed by atoms with Gasteiger partial charge in [-0.3, -0.25) is 14.5 Å². The zero-order valence-electron chi connectivity index (χ0n) is 11.4. The Morgan fingerprint density at radius 3 is 2.95 bits per heavy atom. The molecule has 1 fully saturated rings. The van der Waals surface area contributed by atoms with Gasteiger partial charge in [-0.05, 0) is 12.1 Å². The van der Waals surface area contributed by atoms with Crippen LogP contribution < -0.4 is 10.1 Å². The van der Waals surface area contributed by atoms with Crippen molar-refractivity contribution in [3.05, 3.63) is 29.3 Å². The average Bonchev–Trinajstić information content (AvgIpc) is 2.44. The number of carbonyl (C=O) groups is 2. The lowest BCUT2D eigenvalue weighted by Gasteiger charge is -2.33. The van der Waals surface area contributed by atoms with Gasteiger partial charge in [-0.2, -0.15) is 0 Å². The summed E-state index contributed by atoms with van der Waals surface area (Å²) >= 11 is 5.99. The van der Waals surface area contributed by atoms with Crippen LogP contribution in [0.15, 0.2) is 24.3 Å². The number of piperazine rings is 1. The zero-order valence-corrected chi connectivity index (χ0v) is 12.2. The molecule has 6 nitrogen and oxygen atoms in total. The number of carboxylic acids is 1. The highest BCUT2D eigenvalue weighted by molar-refractivity contribution is 6.32. The van der Waals surface area contributed by atoms with Crippen LogP contribution in [-0.4, -0.2) is 54.2 Å². The number of carbonyl (C=O) groups excluding carboxylic acids is 1. The zero-order chi connectivity index (χ0) is 15.2. The lowest BCUT2D eigenvalue weighted by molar-refractivity contribution is -0.143. The quantitative estimate of drug-likeness (QED) is 0.819. The highest BCUT2D eigenvalue weighted by Crippen LogP contribution is 2.23. The van der Waals surface area contributed by atoms with E-state index in [0.29, 0.717) is 37.0 Å². The Kier molecular flexibility index (Phi) is 5.41. The van der Waals surface area contributed by atoms with E-state index in [9.17, 15) is 9.59 Å². The van der Waals surface area contributed by atoms with Crippen molar-refractivity contribution in [1.82, 2.24) is 10.2 Å². The normalized spacial score (nSPS) is 19.1. The number of carboxylic acid groups (broad SMARTS) is 1. The first-order chi connectivity index (χ1) is 10.1. The number of benzene rings is 1. The molecule has 114 valence electrons. The monoisotopic (exact) mass is 312 g/mol. The Morgan fingerprint density at radius 1 is 1.48 bits per heavy atom. The molecule has 2 rings (SSSR count). The van der Waals surface area contributed by atoms with Crippen LogP contribution in [-0.2, 0) is 9.59 Å². The molecule has 0 spiro atoms. The number of aliphatic carboxylic acids is 1. The van der Waals surface area contributed by atoms with Gasteiger partial charge in [-0.25, -0.2) is 0 Å². The van der Waals surface area contributed by atoms with Crippen molar-refractivity contribution in [2.24, 2.45) is 0 Å². The number of halogens is 1. The van der Waals surface area contributed by atoms with Crippen LogP contribution in [0.2, 0.25) is 5.02 Å². The highest BCUT2D eigenvalue weighted by Gasteiger charge is 2.31. The Morgan fingerprint density at radius 2 is 2.24 bits per heavy atom. The number of nitrogens with one attached hydrogen (secondary N) is 1. The summed E-state index contributed by atoms with van der Waals surface area (Å²) in [5.74, 6) is -0.661. The Bertz CT molecular complexity index is 523. The molecular weight excluding hydrogens is 296 g/mol. The van der Waals surface area contributed by atoms with E-state index < -0.39 is 12.0 Å². The predicted octanol–water partition coefficient (Wildman–Crippen LogP) is 0.994. The summed E-state index contributed by atoms with van der Waals surface area (Å²) in [6.07, 6.45) is -0.210. The summed E-state index contributed by atoms with van der Waals surface area (Å²) in [5.41, 5.74) is 0. The van der Waals surface area contributed by atoms with Crippen molar-refractivity contribution in [3.63, 3.8) is 0 Å². The molecular formula is C14H17ClN2O4. The third kappa shape index (κ3) is 4.34. The number of nitrogens with zero attached hydrogens (tertiary/aromatic N) is 1. The second-order valence-corrected chi connectivity index (χ2v) is 5.13. The molecule has 2 N–H and O–H groups in total. The third-order valence-corrected chi connectivity index (χ3v) is 3.59. The summed E-state index contributed by atoms with van der Waals surface area (Å²) < 4.78 is 5.58. The lowest BCUT2D eigenvalue weighted by Crippen LogP contribution is -2.56. The largest absolute Gasteiger partial charge is 0.491 e. The van der Waals surface area contributed by atoms with Crippen molar-refractivity contribution in [2.45, 2.75) is 12.5 Å². The fourth-order valence-electron chi connectivity index (χ4n) is 2.25. The van der Waals surface area contributed by atoms with Gasteiger partial charge in [0.15, 0.2) is 0 Å². The van der Waals surface area contributed by atoms with Crippen molar-refractivity contribution >= 4 is 23.5 Å². The van der Waals surface area contributed by atoms with Crippen molar-refractivity contribution < 1.29 is 19.4 Å². The van der Waals surface area contributed by atoms with Crippen molar-refractivity contribution in [2.75, 3.05) is 26.2 Å². The van der Waals surface area contributed by atoms with Gasteiger partial charge in [0.2, 0.25) is 5.91 Å². The molecule has 0 saturated carbocycles. The Labute approximate surface area is 127 Å². The van der Waals surface area contributed by atoms with Gasteiger partial charge in [0.25, 0.3) is 0 Å². The van der Waals surface area contributed by atoms with E-state index in [1.807, 2.05) is 17.0 Å². The molecule has 0 radical (unpaired) electrons. The second kappa shape index (κ2) is 7.28. The van der Waals surface area contributed by atoms with Crippen LogP contribution in [0.25, 0.3) is 0 Å². The molecule has 1 saturated heterocycles. The molecule has 0 aliphatic carbocycles. The molecule has 1 aromatic rings. The molecule has 0 aromatic heterocycles. The van der Waals surface area contributed by atoms with E-state index in [1.54, 1.807) is 12.1 Å². The molecule has 1 aromatic carbocycles. The molecule has 0 bridgehead atoms. The fourth-order valence-corrected chi connectivity index (χ4v) is 2.44. The SMILES string of the molecule is O=C(O)CC1C(=O)NCCN1CCOc1ccccc1Cl. The highest BCUT2D eigenvalue weighted by atomic mass is 35.5. The maximum Gasteiger partial charge on any atom is 0.305 e. The molecule has 21 heavy (non-hydrogen) atoms. The molecule has 1 unspecified atom stereocenters. The van der Waals surface area contributed by atoms with E-state index in [2.05, 4.69) is 5.32 Å². The maximum absolute atomic E-state index is 11.7. The fraction of sp³-hybridized carbons (Fsp3) is 0.429. The molecule has 1 heterocycles. The van der Waals surface area contributed by atoms with Gasteiger partial charge in [0.05, 0.1) is 17.5 Å². The van der Waals surface area contributed by atoms with E-state index in [0.717, 1.165) is 0 Å². The number of hydrogen-bond donors (Lipinski definition) is 2. The van der Waals surface area contributed by atoms with Crippen LogP contribution in [0.3, 0.4) is 0 Å². The van der Waals surface area contributed by atoms with E-state index in [1.165, 1.54) is 0 Å². The van der Waals surface area contributed by atoms with E-state index in [4.69, 9.17) is 21.4 Å². The number of ether oxygens (including phenoxy) is 1. The first-order valence-electron chi connectivity index (χ1n) is 6.69. The van der Waals surface area contributed by atoms with Crippen molar-refractivity contribution in [1.29, 1.82) is 0 Å². The van der Waals surface area contributed by atoms with Gasteiger partial charge in [0, 0.05) is 19.6 Å². The minimum absolute atomic E-state index is 0.210. The molecule has 1 amide bonds. The number of amides is 1. The molecule has 1 aliphatic rings. The van der Waals surface area contributed by atoms with Crippen LogP contribution in [0.5, 0.6) is 5.75 Å². The topological polar surface area (TPSA) is 78.9 Å². The standard InChI is InChI=1S/C14H17ClN2O4/c15-10-3-1-2-4-12(10)21-8-7-17-6-5-16-14(20)11(17)9-13(18)19/h1-4,11H,5-9H2,(H,16,20)(H,18,19). The van der Waals surface area contributed by atoms with Gasteiger partial charge < -0.3 is 15.2 Å². The molecule has 1 aliphatic heterocycles. The van der Waals surface area contributed by atoms with E-state index in [-0.39, 0.29) is 12.3 Å². The first kappa shape index (κ1) is 15.6. The van der Waals surface area contributed by atoms with Crippen LogP contribution in [0.1, 0.15) is 6.42 Å². The number of rotatable bonds is 6. The predicted molar refractivity (Wildman–Crippen MR) is 77.6 cm³/mol. The summed E-state index contributed by atoms with van der Waals surface area (Å²) in [5, 5.41) is 12.1. The van der Waals surface area contributed by atoms with Gasteiger partial charge >= 0.3 is 5.97 Å². The number of hydrogen-bond acceptors (Lipinski definition) is 4. The van der Waals surface area contributed by atoms with Crippen LogP contribution >= 0.6 is 11.6 Å². The van der Waals surface area contributed by atoms with Gasteiger partial charge in [0.1, 0.15) is 12.4 Å². The summed E-state index contributed by atoms with van der Waals surface area (Å²) in [6.45, 7) is 1.93. The first-order valence-corrected chi connectivity index (χ1v) is 7.06. The van der Waals surface area contributed by atoms with Gasteiger partial charge in [-0.15, -0.1) is 0 Å². The molecule has 7 heteroatoms. The summed E-state index contributed by atoms with van der Waals surface area (Å²) in [4.78, 5) is 24.4. The minimum atomic E-state index is -0.992. The minimum Gasteiger partial charge on any atom is -0.491 e. The molecule has 1 atom stereocenters. The van der Waals surface area contributed by atoms with E-state index >= 15 is 0 Å². The number of para-hydroxylation sites is 1. The Hall–Kier alpha value is -1.79. The van der Waals surface area contributed by atoms with Crippen molar-refractivity contribution in [3.8, 4) is 5.75 Å².